The fourth-order valence-corrected chi connectivity index (χ4v) is 3.01. The second kappa shape index (κ2) is 4.60. The molecule has 0 bridgehead atoms. The van der Waals surface area contributed by atoms with E-state index in [0.29, 0.717) is 31.5 Å². The predicted molar refractivity (Wildman–Crippen MR) is 69.1 cm³/mol. The number of hydrogen-bond donors (Lipinski definition) is 1. The summed E-state index contributed by atoms with van der Waals surface area (Å²) in [6.07, 6.45) is 2.55. The van der Waals surface area contributed by atoms with Crippen molar-refractivity contribution in [3.63, 3.8) is 0 Å². The van der Waals surface area contributed by atoms with E-state index in [-0.39, 0.29) is 11.7 Å². The Kier molecular flexibility index (Phi) is 3.05. The maximum absolute atomic E-state index is 13.9. The summed E-state index contributed by atoms with van der Waals surface area (Å²) in [7, 11) is 0. The van der Waals surface area contributed by atoms with Gasteiger partial charge < -0.3 is 10.0 Å². The third kappa shape index (κ3) is 2.14. The number of aliphatic hydroxyl groups excluding tert-OH is 1. The maximum atomic E-state index is 13.9. The van der Waals surface area contributed by atoms with Gasteiger partial charge in [0.2, 0.25) is 5.91 Å². The average Bonchev–Trinajstić information content (AvgIpc) is 3.20. The Bertz CT molecular complexity index is 499. The molecule has 2 fully saturated rings. The largest absolute Gasteiger partial charge is 0.391 e. The SMILES string of the molecule is O=C(N1CCCC(O)C1)C1(c2ccccc2F)CC1. The summed E-state index contributed by atoms with van der Waals surface area (Å²) in [5.74, 6) is -0.317. The molecular formula is C15H18FNO2. The summed E-state index contributed by atoms with van der Waals surface area (Å²) < 4.78 is 13.9. The highest BCUT2D eigenvalue weighted by molar-refractivity contribution is 5.91. The number of aliphatic hydroxyl groups is 1. The first kappa shape index (κ1) is 12.6. The molecule has 1 saturated carbocycles. The molecule has 1 aromatic rings. The van der Waals surface area contributed by atoms with Crippen LogP contribution in [0.4, 0.5) is 4.39 Å². The van der Waals surface area contributed by atoms with E-state index in [1.54, 1.807) is 23.1 Å². The molecule has 1 aliphatic carbocycles. The molecule has 1 heterocycles. The van der Waals surface area contributed by atoms with Crippen LogP contribution >= 0.6 is 0 Å². The second-order valence-corrected chi connectivity index (χ2v) is 5.61. The number of β-amino-alcohol motifs (C(OH)–C–C–N with tert-alkyl or cyclic N) is 1. The molecule has 3 rings (SSSR count). The highest BCUT2D eigenvalue weighted by Crippen LogP contribution is 2.50. The van der Waals surface area contributed by atoms with Crippen molar-refractivity contribution in [3.05, 3.63) is 35.6 Å². The molecule has 1 N–H and O–H groups in total. The van der Waals surface area contributed by atoms with Gasteiger partial charge in [0, 0.05) is 18.7 Å². The van der Waals surface area contributed by atoms with Gasteiger partial charge in [0.25, 0.3) is 0 Å². The zero-order valence-corrected chi connectivity index (χ0v) is 10.8. The van der Waals surface area contributed by atoms with Crippen LogP contribution in [0.5, 0.6) is 0 Å². The van der Waals surface area contributed by atoms with Gasteiger partial charge in [-0.2, -0.15) is 0 Å². The summed E-state index contributed by atoms with van der Waals surface area (Å²) in [6.45, 7) is 1.06. The molecule has 19 heavy (non-hydrogen) atoms. The lowest BCUT2D eigenvalue weighted by atomic mass is 9.92. The molecule has 1 amide bonds. The van der Waals surface area contributed by atoms with Crippen molar-refractivity contribution < 1.29 is 14.3 Å². The minimum Gasteiger partial charge on any atom is -0.391 e. The molecule has 2 aliphatic rings. The van der Waals surface area contributed by atoms with Crippen LogP contribution < -0.4 is 0 Å². The summed E-state index contributed by atoms with van der Waals surface area (Å²) in [6, 6.07) is 6.54. The molecule has 102 valence electrons. The van der Waals surface area contributed by atoms with E-state index in [0.717, 1.165) is 12.8 Å². The fraction of sp³-hybridized carbons (Fsp3) is 0.533. The molecular weight excluding hydrogens is 245 g/mol. The number of benzene rings is 1. The third-order valence-electron chi connectivity index (χ3n) is 4.23. The summed E-state index contributed by atoms with van der Waals surface area (Å²) in [5.41, 5.74) is -0.150. The topological polar surface area (TPSA) is 40.5 Å². The third-order valence-corrected chi connectivity index (χ3v) is 4.23. The molecule has 1 unspecified atom stereocenters. The van der Waals surface area contributed by atoms with Gasteiger partial charge in [-0.05, 0) is 31.7 Å². The minimum atomic E-state index is -0.664. The molecule has 1 saturated heterocycles. The highest BCUT2D eigenvalue weighted by Gasteiger charge is 2.54. The van der Waals surface area contributed by atoms with Gasteiger partial charge in [-0.1, -0.05) is 18.2 Å². The van der Waals surface area contributed by atoms with E-state index in [1.165, 1.54) is 6.07 Å². The molecule has 1 atom stereocenters. The number of carbonyl (C=O) groups excluding carboxylic acids is 1. The Morgan fingerprint density at radius 3 is 2.74 bits per heavy atom. The first-order chi connectivity index (χ1) is 9.13. The van der Waals surface area contributed by atoms with Gasteiger partial charge >= 0.3 is 0 Å². The monoisotopic (exact) mass is 263 g/mol. The summed E-state index contributed by atoms with van der Waals surface area (Å²) in [5, 5.41) is 9.67. The average molecular weight is 263 g/mol. The van der Waals surface area contributed by atoms with E-state index in [2.05, 4.69) is 0 Å². The number of halogens is 1. The predicted octanol–water partition coefficient (Wildman–Crippen LogP) is 1.84. The number of carbonyl (C=O) groups is 1. The molecule has 4 heteroatoms. The second-order valence-electron chi connectivity index (χ2n) is 5.61. The van der Waals surface area contributed by atoms with Gasteiger partial charge in [-0.25, -0.2) is 4.39 Å². The van der Waals surface area contributed by atoms with Crippen LogP contribution in [0.3, 0.4) is 0 Å². The zero-order valence-electron chi connectivity index (χ0n) is 10.8. The van der Waals surface area contributed by atoms with Crippen molar-refractivity contribution in [2.24, 2.45) is 0 Å². The van der Waals surface area contributed by atoms with Crippen LogP contribution in [-0.2, 0) is 10.2 Å². The van der Waals surface area contributed by atoms with E-state index in [4.69, 9.17) is 0 Å². The van der Waals surface area contributed by atoms with Crippen molar-refractivity contribution in [3.8, 4) is 0 Å². The smallest absolute Gasteiger partial charge is 0.233 e. The zero-order chi connectivity index (χ0) is 13.5. The Hall–Kier alpha value is -1.42. The first-order valence-electron chi connectivity index (χ1n) is 6.86. The fourth-order valence-electron chi connectivity index (χ4n) is 3.01. The Balaban J connectivity index is 1.85. The van der Waals surface area contributed by atoms with Crippen molar-refractivity contribution in [1.29, 1.82) is 0 Å². The van der Waals surface area contributed by atoms with Gasteiger partial charge in [0.05, 0.1) is 11.5 Å². The molecule has 0 radical (unpaired) electrons. The van der Waals surface area contributed by atoms with Gasteiger partial charge in [-0.3, -0.25) is 4.79 Å². The van der Waals surface area contributed by atoms with Gasteiger partial charge in [0.1, 0.15) is 5.82 Å². The summed E-state index contributed by atoms with van der Waals surface area (Å²) in [4.78, 5) is 14.3. The molecule has 3 nitrogen and oxygen atoms in total. The number of likely N-dealkylation sites (tertiary alicyclic amines) is 1. The molecule has 1 aromatic carbocycles. The maximum Gasteiger partial charge on any atom is 0.233 e. The van der Waals surface area contributed by atoms with Crippen LogP contribution in [-0.4, -0.2) is 35.1 Å². The van der Waals surface area contributed by atoms with Crippen LogP contribution in [0.1, 0.15) is 31.2 Å². The summed E-state index contributed by atoms with van der Waals surface area (Å²) >= 11 is 0. The number of piperidine rings is 1. The van der Waals surface area contributed by atoms with Crippen LogP contribution in [0.15, 0.2) is 24.3 Å². The van der Waals surface area contributed by atoms with E-state index >= 15 is 0 Å². The van der Waals surface area contributed by atoms with E-state index in [9.17, 15) is 14.3 Å². The van der Waals surface area contributed by atoms with Crippen molar-refractivity contribution >= 4 is 5.91 Å². The van der Waals surface area contributed by atoms with E-state index in [1.807, 2.05) is 0 Å². The van der Waals surface area contributed by atoms with Crippen LogP contribution in [0.25, 0.3) is 0 Å². The normalized spacial score (nSPS) is 25.2. The number of hydrogen-bond acceptors (Lipinski definition) is 2. The van der Waals surface area contributed by atoms with Crippen LogP contribution in [0, 0.1) is 5.82 Å². The van der Waals surface area contributed by atoms with Crippen molar-refractivity contribution in [1.82, 2.24) is 4.90 Å². The van der Waals surface area contributed by atoms with Crippen molar-refractivity contribution in [2.75, 3.05) is 13.1 Å². The highest BCUT2D eigenvalue weighted by atomic mass is 19.1. The Morgan fingerprint density at radius 2 is 2.11 bits per heavy atom. The lowest BCUT2D eigenvalue weighted by Gasteiger charge is -2.33. The first-order valence-corrected chi connectivity index (χ1v) is 6.86. The van der Waals surface area contributed by atoms with Crippen LogP contribution in [0.2, 0.25) is 0 Å². The Morgan fingerprint density at radius 1 is 1.37 bits per heavy atom. The Labute approximate surface area is 112 Å². The molecule has 0 aromatic heterocycles. The van der Waals surface area contributed by atoms with Crippen molar-refractivity contribution in [2.45, 2.75) is 37.2 Å². The number of nitrogens with zero attached hydrogens (tertiary/aromatic N) is 1. The quantitative estimate of drug-likeness (QED) is 0.884. The molecule has 1 aliphatic heterocycles. The van der Waals surface area contributed by atoms with E-state index < -0.39 is 11.5 Å². The molecule has 0 spiro atoms. The lowest BCUT2D eigenvalue weighted by Crippen LogP contribution is -2.46. The van der Waals surface area contributed by atoms with Gasteiger partial charge in [-0.15, -0.1) is 0 Å². The number of amides is 1. The lowest BCUT2D eigenvalue weighted by molar-refractivity contribution is -0.137. The number of rotatable bonds is 2. The minimum absolute atomic E-state index is 0.0173. The van der Waals surface area contributed by atoms with Gasteiger partial charge in [0.15, 0.2) is 0 Å². The standard InChI is InChI=1S/C15H18FNO2/c16-13-6-2-1-5-12(13)15(7-8-15)14(19)17-9-3-4-11(18)10-17/h1-2,5-6,11,18H,3-4,7-10H2.